The second kappa shape index (κ2) is 7.63. The first-order valence-corrected chi connectivity index (χ1v) is 8.37. The van der Waals surface area contributed by atoms with Crippen LogP contribution in [0.4, 0.5) is 0 Å². The average Bonchev–Trinajstić information content (AvgIpc) is 2.62. The molecule has 1 aromatic heterocycles. The van der Waals surface area contributed by atoms with E-state index in [0.29, 0.717) is 18.7 Å². The van der Waals surface area contributed by atoms with Crippen LogP contribution in [0.15, 0.2) is 53.5 Å². The molecule has 0 aliphatic carbocycles. The summed E-state index contributed by atoms with van der Waals surface area (Å²) in [5.74, 6) is -0.0999. The predicted molar refractivity (Wildman–Crippen MR) is 95.6 cm³/mol. The SMILES string of the molecule is CN(C)C[C@@H]1OCCN(C(=O)c2ccc(=O)[nH]c2)[C@H]1c1ccccc1. The number of aromatic nitrogens is 1. The molecule has 0 bridgehead atoms. The van der Waals surface area contributed by atoms with Crippen LogP contribution in [0.1, 0.15) is 22.0 Å². The summed E-state index contributed by atoms with van der Waals surface area (Å²) in [6.07, 6.45) is 1.36. The summed E-state index contributed by atoms with van der Waals surface area (Å²) in [4.78, 5) is 30.8. The van der Waals surface area contributed by atoms with Crippen LogP contribution in [0, 0.1) is 0 Å². The topological polar surface area (TPSA) is 65.6 Å². The summed E-state index contributed by atoms with van der Waals surface area (Å²) < 4.78 is 6.00. The van der Waals surface area contributed by atoms with Crippen LogP contribution < -0.4 is 5.56 Å². The first-order valence-electron chi connectivity index (χ1n) is 8.37. The highest BCUT2D eigenvalue weighted by Crippen LogP contribution is 2.31. The molecular weight excluding hydrogens is 318 g/mol. The Hall–Kier alpha value is -2.44. The smallest absolute Gasteiger partial charge is 0.256 e. The first kappa shape index (κ1) is 17.4. The number of aromatic amines is 1. The van der Waals surface area contributed by atoms with Gasteiger partial charge in [0.05, 0.1) is 24.3 Å². The third-order valence-electron chi connectivity index (χ3n) is 4.33. The van der Waals surface area contributed by atoms with Gasteiger partial charge in [0, 0.05) is 25.4 Å². The Morgan fingerprint density at radius 3 is 2.64 bits per heavy atom. The molecule has 1 fully saturated rings. The summed E-state index contributed by atoms with van der Waals surface area (Å²) in [6.45, 7) is 1.73. The summed E-state index contributed by atoms with van der Waals surface area (Å²) in [6, 6.07) is 12.7. The van der Waals surface area contributed by atoms with Gasteiger partial charge in [-0.2, -0.15) is 0 Å². The number of H-pyrrole nitrogens is 1. The van der Waals surface area contributed by atoms with Crippen LogP contribution in [0.3, 0.4) is 0 Å². The predicted octanol–water partition coefficient (Wildman–Crippen LogP) is 1.52. The molecule has 0 unspecified atom stereocenters. The van der Waals surface area contributed by atoms with Crippen molar-refractivity contribution in [2.75, 3.05) is 33.8 Å². The van der Waals surface area contributed by atoms with E-state index in [2.05, 4.69) is 9.88 Å². The van der Waals surface area contributed by atoms with E-state index in [0.717, 1.165) is 12.1 Å². The Morgan fingerprint density at radius 1 is 1.24 bits per heavy atom. The maximum atomic E-state index is 13.1. The van der Waals surface area contributed by atoms with Crippen molar-refractivity contribution in [2.24, 2.45) is 0 Å². The molecule has 1 saturated heterocycles. The van der Waals surface area contributed by atoms with E-state index in [1.165, 1.54) is 12.3 Å². The first-order chi connectivity index (χ1) is 12.1. The molecular formula is C19H23N3O3. The van der Waals surface area contributed by atoms with Gasteiger partial charge in [-0.1, -0.05) is 30.3 Å². The Balaban J connectivity index is 1.95. The third kappa shape index (κ3) is 3.97. The second-order valence-corrected chi connectivity index (χ2v) is 6.47. The molecule has 1 aromatic carbocycles. The molecule has 2 heterocycles. The lowest BCUT2D eigenvalue weighted by atomic mass is 9.97. The number of ether oxygens (including phenoxy) is 1. The maximum Gasteiger partial charge on any atom is 0.256 e. The zero-order chi connectivity index (χ0) is 17.8. The standard InChI is InChI=1S/C19H23N3O3/c1-21(2)13-16-18(14-6-4-3-5-7-14)22(10-11-25-16)19(24)15-8-9-17(23)20-12-15/h3-9,12,16,18H,10-11,13H2,1-2H3,(H,20,23)/t16-,18-/m0/s1. The normalized spacial score (nSPS) is 20.7. The van der Waals surface area contributed by atoms with Crippen molar-refractivity contribution in [3.63, 3.8) is 0 Å². The molecule has 2 aromatic rings. The van der Waals surface area contributed by atoms with Gasteiger partial charge in [0.1, 0.15) is 0 Å². The third-order valence-corrected chi connectivity index (χ3v) is 4.33. The molecule has 6 nitrogen and oxygen atoms in total. The number of morpholine rings is 1. The Kier molecular flexibility index (Phi) is 5.31. The molecule has 6 heteroatoms. The van der Waals surface area contributed by atoms with Gasteiger partial charge >= 0.3 is 0 Å². The summed E-state index contributed by atoms with van der Waals surface area (Å²) in [5, 5.41) is 0. The Morgan fingerprint density at radius 2 is 2.00 bits per heavy atom. The van der Waals surface area contributed by atoms with Crippen LogP contribution in [0.5, 0.6) is 0 Å². The fraction of sp³-hybridized carbons (Fsp3) is 0.368. The highest BCUT2D eigenvalue weighted by Gasteiger charge is 2.36. The number of pyridine rings is 1. The zero-order valence-electron chi connectivity index (χ0n) is 14.5. The molecule has 25 heavy (non-hydrogen) atoms. The van der Waals surface area contributed by atoms with Crippen molar-refractivity contribution >= 4 is 5.91 Å². The van der Waals surface area contributed by atoms with Crippen molar-refractivity contribution in [2.45, 2.75) is 12.1 Å². The molecule has 3 rings (SSSR count). The molecule has 0 radical (unpaired) electrons. The van der Waals surface area contributed by atoms with Crippen LogP contribution in [0.2, 0.25) is 0 Å². The lowest BCUT2D eigenvalue weighted by Gasteiger charge is -2.42. The van der Waals surface area contributed by atoms with E-state index in [1.807, 2.05) is 49.3 Å². The molecule has 0 spiro atoms. The summed E-state index contributed by atoms with van der Waals surface area (Å²) in [5.41, 5.74) is 1.31. The fourth-order valence-electron chi connectivity index (χ4n) is 3.23. The Bertz CT molecular complexity index is 752. The minimum atomic E-state index is -0.219. The summed E-state index contributed by atoms with van der Waals surface area (Å²) >= 11 is 0. The number of hydrogen-bond acceptors (Lipinski definition) is 4. The van der Waals surface area contributed by atoms with Crippen LogP contribution >= 0.6 is 0 Å². The lowest BCUT2D eigenvalue weighted by Crippen LogP contribution is -2.51. The van der Waals surface area contributed by atoms with Gasteiger partial charge in [0.15, 0.2) is 0 Å². The van der Waals surface area contributed by atoms with Gasteiger partial charge in [-0.05, 0) is 25.7 Å². The van der Waals surface area contributed by atoms with E-state index >= 15 is 0 Å². The molecule has 1 aliphatic heterocycles. The zero-order valence-corrected chi connectivity index (χ0v) is 14.5. The van der Waals surface area contributed by atoms with Gasteiger partial charge in [-0.25, -0.2) is 0 Å². The van der Waals surface area contributed by atoms with Crippen molar-refractivity contribution < 1.29 is 9.53 Å². The number of amides is 1. The lowest BCUT2D eigenvalue weighted by molar-refractivity contribution is -0.0684. The number of nitrogens with zero attached hydrogens (tertiary/aromatic N) is 2. The van der Waals surface area contributed by atoms with Crippen molar-refractivity contribution in [3.05, 3.63) is 70.1 Å². The number of rotatable bonds is 4. The fourth-order valence-corrected chi connectivity index (χ4v) is 3.23. The molecule has 0 saturated carbocycles. The van der Waals surface area contributed by atoms with E-state index in [4.69, 9.17) is 4.74 Å². The van der Waals surface area contributed by atoms with Gasteiger partial charge in [-0.3, -0.25) is 9.59 Å². The van der Waals surface area contributed by atoms with Gasteiger partial charge in [0.25, 0.3) is 5.91 Å². The minimum absolute atomic E-state index is 0.0999. The minimum Gasteiger partial charge on any atom is -0.373 e. The number of benzene rings is 1. The van der Waals surface area contributed by atoms with Crippen LogP contribution in [-0.2, 0) is 4.74 Å². The number of carbonyl (C=O) groups excluding carboxylic acids is 1. The van der Waals surface area contributed by atoms with Crippen LogP contribution in [-0.4, -0.2) is 60.6 Å². The van der Waals surface area contributed by atoms with E-state index in [-0.39, 0.29) is 23.6 Å². The molecule has 2 atom stereocenters. The quantitative estimate of drug-likeness (QED) is 0.916. The van der Waals surface area contributed by atoms with Crippen molar-refractivity contribution in [3.8, 4) is 0 Å². The van der Waals surface area contributed by atoms with E-state index < -0.39 is 0 Å². The maximum absolute atomic E-state index is 13.1. The monoisotopic (exact) mass is 341 g/mol. The van der Waals surface area contributed by atoms with Crippen molar-refractivity contribution in [1.29, 1.82) is 0 Å². The summed E-state index contributed by atoms with van der Waals surface area (Å²) in [7, 11) is 3.99. The van der Waals surface area contributed by atoms with E-state index in [1.54, 1.807) is 6.07 Å². The van der Waals surface area contributed by atoms with Gasteiger partial charge in [-0.15, -0.1) is 0 Å². The van der Waals surface area contributed by atoms with E-state index in [9.17, 15) is 9.59 Å². The highest BCUT2D eigenvalue weighted by molar-refractivity contribution is 5.94. The number of likely N-dealkylation sites (N-methyl/N-ethyl adjacent to an activating group) is 1. The number of nitrogens with one attached hydrogen (secondary N) is 1. The Labute approximate surface area is 147 Å². The second-order valence-electron chi connectivity index (χ2n) is 6.47. The average molecular weight is 341 g/mol. The molecule has 1 N–H and O–H groups in total. The van der Waals surface area contributed by atoms with Crippen LogP contribution in [0.25, 0.3) is 0 Å². The molecule has 132 valence electrons. The highest BCUT2D eigenvalue weighted by atomic mass is 16.5. The number of hydrogen-bond donors (Lipinski definition) is 1. The van der Waals surface area contributed by atoms with Gasteiger partial charge < -0.3 is 19.5 Å². The largest absolute Gasteiger partial charge is 0.373 e. The van der Waals surface area contributed by atoms with Gasteiger partial charge in [0.2, 0.25) is 5.56 Å². The number of carbonyl (C=O) groups is 1. The van der Waals surface area contributed by atoms with Crippen molar-refractivity contribution in [1.82, 2.24) is 14.8 Å². The molecule has 1 aliphatic rings. The molecule has 1 amide bonds.